The molecule has 1 saturated carbocycles. The minimum Gasteiger partial charge on any atom is -0.443 e. The number of ether oxygens (including phenoxy) is 1. The third kappa shape index (κ3) is 4.76. The van der Waals surface area contributed by atoms with Gasteiger partial charge in [-0.2, -0.15) is 0 Å². The molecular weight excluding hydrogens is 326 g/mol. The minimum absolute atomic E-state index is 0.177. The summed E-state index contributed by atoms with van der Waals surface area (Å²) in [5.41, 5.74) is 0.616. The molecule has 2 fully saturated rings. The number of aromatic nitrogens is 1. The molecule has 1 aliphatic heterocycles. The number of carbonyl (C=O) groups is 1. The highest BCUT2D eigenvalue weighted by Gasteiger charge is 2.34. The van der Waals surface area contributed by atoms with Crippen LogP contribution in [0.1, 0.15) is 83.7 Å². The Morgan fingerprint density at radius 3 is 2.54 bits per heavy atom. The van der Waals surface area contributed by atoms with Crippen LogP contribution in [0.4, 0.5) is 10.6 Å². The van der Waals surface area contributed by atoms with Crippen LogP contribution in [0.2, 0.25) is 0 Å². The van der Waals surface area contributed by atoms with Crippen molar-refractivity contribution in [3.05, 3.63) is 23.9 Å². The van der Waals surface area contributed by atoms with E-state index in [-0.39, 0.29) is 18.2 Å². The molecule has 1 N–H and O–H groups in total. The summed E-state index contributed by atoms with van der Waals surface area (Å²) in [5, 5.41) is 3.60. The summed E-state index contributed by atoms with van der Waals surface area (Å²) in [4.78, 5) is 19.7. The largest absolute Gasteiger partial charge is 0.443 e. The number of nitrogens with one attached hydrogen (secondary N) is 1. The van der Waals surface area contributed by atoms with Crippen LogP contribution in [-0.4, -0.2) is 29.3 Å². The van der Waals surface area contributed by atoms with Crippen molar-refractivity contribution in [2.24, 2.45) is 0 Å². The predicted octanol–water partition coefficient (Wildman–Crippen LogP) is 4.97. The summed E-state index contributed by atoms with van der Waals surface area (Å²) >= 11 is 0. The molecule has 1 atom stereocenters. The second kappa shape index (κ2) is 8.38. The van der Waals surface area contributed by atoms with Crippen LogP contribution in [0, 0.1) is 0 Å². The van der Waals surface area contributed by atoms with Gasteiger partial charge in [-0.15, -0.1) is 0 Å². The van der Waals surface area contributed by atoms with Crippen LogP contribution in [0.3, 0.4) is 0 Å². The summed E-state index contributed by atoms with van der Waals surface area (Å²) < 4.78 is 5.78. The topological polar surface area (TPSA) is 54.5 Å². The van der Waals surface area contributed by atoms with Crippen molar-refractivity contribution < 1.29 is 9.53 Å². The van der Waals surface area contributed by atoms with E-state index in [2.05, 4.69) is 16.4 Å². The van der Waals surface area contributed by atoms with Gasteiger partial charge in [-0.05, 0) is 59.1 Å². The molecule has 2 heterocycles. The Bertz CT molecular complexity index is 600. The molecule has 3 rings (SSSR count). The monoisotopic (exact) mass is 359 g/mol. The van der Waals surface area contributed by atoms with E-state index in [1.54, 1.807) is 6.20 Å². The van der Waals surface area contributed by atoms with Gasteiger partial charge in [0.15, 0.2) is 0 Å². The van der Waals surface area contributed by atoms with E-state index < -0.39 is 5.60 Å². The van der Waals surface area contributed by atoms with E-state index in [9.17, 15) is 4.79 Å². The molecule has 144 valence electrons. The Balaban J connectivity index is 1.94. The number of pyridine rings is 1. The Morgan fingerprint density at radius 1 is 1.15 bits per heavy atom. The second-order valence-electron chi connectivity index (χ2n) is 8.56. The zero-order valence-electron chi connectivity index (χ0n) is 16.5. The Hall–Kier alpha value is -1.62. The fourth-order valence-corrected chi connectivity index (χ4v) is 4.06. The fraction of sp³-hybridized carbons (Fsp3) is 0.714. The number of hydrogen-bond donors (Lipinski definition) is 1. The smallest absolute Gasteiger partial charge is 0.416 e. The lowest BCUT2D eigenvalue weighted by molar-refractivity contribution is 0.0556. The van der Waals surface area contributed by atoms with Gasteiger partial charge in [-0.1, -0.05) is 31.7 Å². The molecule has 5 heteroatoms. The maximum atomic E-state index is 13.1. The molecule has 0 aromatic carbocycles. The van der Waals surface area contributed by atoms with E-state index in [0.29, 0.717) is 0 Å². The predicted molar refractivity (Wildman–Crippen MR) is 104 cm³/mol. The van der Waals surface area contributed by atoms with E-state index in [1.807, 2.05) is 31.7 Å². The average molecular weight is 360 g/mol. The van der Waals surface area contributed by atoms with Gasteiger partial charge in [0.25, 0.3) is 0 Å². The van der Waals surface area contributed by atoms with Crippen molar-refractivity contribution in [3.63, 3.8) is 0 Å². The molecule has 26 heavy (non-hydrogen) atoms. The van der Waals surface area contributed by atoms with Gasteiger partial charge in [0.2, 0.25) is 0 Å². The van der Waals surface area contributed by atoms with Gasteiger partial charge in [0, 0.05) is 23.8 Å². The Kier molecular flexibility index (Phi) is 6.17. The number of carbonyl (C=O) groups excluding carboxylic acids is 1. The quantitative estimate of drug-likeness (QED) is 0.828. The molecule has 1 aromatic heterocycles. The Morgan fingerprint density at radius 2 is 1.88 bits per heavy atom. The number of amides is 1. The second-order valence-corrected chi connectivity index (χ2v) is 8.56. The van der Waals surface area contributed by atoms with Crippen LogP contribution in [0.5, 0.6) is 0 Å². The van der Waals surface area contributed by atoms with Crippen molar-refractivity contribution in [2.75, 3.05) is 11.4 Å². The minimum atomic E-state index is -0.512. The van der Waals surface area contributed by atoms with Crippen molar-refractivity contribution >= 4 is 11.9 Å². The van der Waals surface area contributed by atoms with Crippen LogP contribution in [0.25, 0.3) is 0 Å². The molecule has 1 saturated heterocycles. The van der Waals surface area contributed by atoms with Crippen molar-refractivity contribution in [1.29, 1.82) is 0 Å². The van der Waals surface area contributed by atoms with E-state index in [4.69, 9.17) is 4.74 Å². The Labute approximate surface area is 157 Å². The molecule has 5 nitrogen and oxygen atoms in total. The zero-order chi connectivity index (χ0) is 18.6. The third-order valence-corrected chi connectivity index (χ3v) is 5.26. The van der Waals surface area contributed by atoms with Gasteiger partial charge in [0.1, 0.15) is 11.4 Å². The van der Waals surface area contributed by atoms with Crippen LogP contribution >= 0.6 is 0 Å². The van der Waals surface area contributed by atoms with Crippen LogP contribution < -0.4 is 10.2 Å². The molecule has 0 bridgehead atoms. The maximum Gasteiger partial charge on any atom is 0.416 e. The van der Waals surface area contributed by atoms with Crippen LogP contribution in [0.15, 0.2) is 18.3 Å². The van der Waals surface area contributed by atoms with Gasteiger partial charge in [-0.3, -0.25) is 4.90 Å². The van der Waals surface area contributed by atoms with Gasteiger partial charge < -0.3 is 10.1 Å². The average Bonchev–Trinajstić information content (AvgIpc) is 2.62. The van der Waals surface area contributed by atoms with Crippen molar-refractivity contribution in [1.82, 2.24) is 10.3 Å². The highest BCUT2D eigenvalue weighted by atomic mass is 16.6. The summed E-state index contributed by atoms with van der Waals surface area (Å²) in [5.74, 6) is 0.785. The van der Waals surface area contributed by atoms with Gasteiger partial charge in [0.05, 0.1) is 0 Å². The van der Waals surface area contributed by atoms with E-state index in [0.717, 1.165) is 50.0 Å². The third-order valence-electron chi connectivity index (χ3n) is 5.26. The molecule has 0 spiro atoms. The molecule has 2 aliphatic rings. The van der Waals surface area contributed by atoms with Crippen molar-refractivity contribution in [3.8, 4) is 0 Å². The molecule has 1 aliphatic carbocycles. The number of hydrogen-bond acceptors (Lipinski definition) is 4. The summed E-state index contributed by atoms with van der Waals surface area (Å²) in [7, 11) is 0. The number of piperidine rings is 1. The van der Waals surface area contributed by atoms with Gasteiger partial charge >= 0.3 is 6.09 Å². The first-order valence-corrected chi connectivity index (χ1v) is 10.2. The summed E-state index contributed by atoms with van der Waals surface area (Å²) in [6.07, 6.45) is 10.7. The lowest BCUT2D eigenvalue weighted by Gasteiger charge is -2.37. The normalized spacial score (nSPS) is 22.0. The standard InChI is InChI=1S/C21H33N3O2/c1-21(2,3)26-20(25)24(16-10-5-4-6-11-16)19-17(12-9-15-23-19)18-13-7-8-14-22-18/h9,12,15-16,18,22H,4-8,10-11,13-14H2,1-3H3/t18-/m0/s1. The molecular formula is C21H33N3O2. The fourth-order valence-electron chi connectivity index (χ4n) is 4.06. The first kappa shape index (κ1) is 19.2. The number of anilines is 1. The van der Waals surface area contributed by atoms with Gasteiger partial charge in [-0.25, -0.2) is 9.78 Å². The molecule has 0 unspecified atom stereocenters. The first-order chi connectivity index (χ1) is 12.5. The summed E-state index contributed by atoms with van der Waals surface area (Å²) in [6.45, 7) is 6.79. The lowest BCUT2D eigenvalue weighted by Crippen LogP contribution is -2.46. The lowest BCUT2D eigenvalue weighted by atomic mass is 9.93. The highest BCUT2D eigenvalue weighted by molar-refractivity contribution is 5.88. The zero-order valence-corrected chi connectivity index (χ0v) is 16.5. The van der Waals surface area contributed by atoms with E-state index >= 15 is 0 Å². The van der Waals surface area contributed by atoms with Crippen molar-refractivity contribution in [2.45, 2.75) is 89.8 Å². The van der Waals surface area contributed by atoms with E-state index in [1.165, 1.54) is 19.3 Å². The molecule has 1 amide bonds. The highest BCUT2D eigenvalue weighted by Crippen LogP contribution is 2.34. The maximum absolute atomic E-state index is 13.1. The molecule has 0 radical (unpaired) electrons. The number of rotatable bonds is 3. The number of nitrogens with zero attached hydrogens (tertiary/aromatic N) is 2. The summed E-state index contributed by atoms with van der Waals surface area (Å²) in [6, 6.07) is 4.53. The molecule has 1 aromatic rings. The first-order valence-electron chi connectivity index (χ1n) is 10.2. The van der Waals surface area contributed by atoms with Crippen LogP contribution in [-0.2, 0) is 4.74 Å². The SMILES string of the molecule is CC(C)(C)OC(=O)N(c1ncccc1[C@@H]1CCCCN1)C1CCCCC1.